The molecule has 1 aromatic heterocycles. The Hall–Kier alpha value is -1.53. The van der Waals surface area contributed by atoms with Crippen molar-refractivity contribution in [1.82, 2.24) is 15.2 Å². The quantitative estimate of drug-likeness (QED) is 0.674. The predicted octanol–water partition coefficient (Wildman–Crippen LogP) is 4.49. The monoisotopic (exact) mass is 425 g/mol. The third-order valence-corrected chi connectivity index (χ3v) is 4.93. The summed E-state index contributed by atoms with van der Waals surface area (Å²) in [5.41, 5.74) is 2.41. The smallest absolute Gasteiger partial charge is 0.179 e. The third-order valence-electron chi connectivity index (χ3n) is 4.65. The number of pyridine rings is 1. The molecule has 0 bridgehead atoms. The number of piperazine rings is 1. The van der Waals surface area contributed by atoms with E-state index in [0.29, 0.717) is 30.0 Å². The predicted molar refractivity (Wildman–Crippen MR) is 116 cm³/mol. The van der Waals surface area contributed by atoms with Gasteiger partial charge >= 0.3 is 0 Å². The number of aromatic nitrogens is 1. The summed E-state index contributed by atoms with van der Waals surface area (Å²) in [7, 11) is 0. The number of rotatable bonds is 8. The first-order valence-corrected chi connectivity index (χ1v) is 10.0. The van der Waals surface area contributed by atoms with Crippen LogP contribution in [0, 0.1) is 0 Å². The van der Waals surface area contributed by atoms with Gasteiger partial charge in [-0.3, -0.25) is 9.88 Å². The first-order chi connectivity index (χ1) is 13.2. The van der Waals surface area contributed by atoms with Crippen molar-refractivity contribution in [1.29, 1.82) is 0 Å². The molecule has 7 heteroatoms. The second-order valence-corrected chi connectivity index (χ2v) is 7.06. The van der Waals surface area contributed by atoms with Crippen LogP contribution in [-0.2, 0) is 6.54 Å². The van der Waals surface area contributed by atoms with Crippen molar-refractivity contribution in [2.45, 2.75) is 32.9 Å². The lowest BCUT2D eigenvalue weighted by Gasteiger charge is -2.36. The zero-order chi connectivity index (χ0) is 19.1. The minimum absolute atomic E-state index is 0. The van der Waals surface area contributed by atoms with Crippen LogP contribution in [0.3, 0.4) is 0 Å². The summed E-state index contributed by atoms with van der Waals surface area (Å²) in [4.78, 5) is 6.61. The molecule has 1 aliphatic rings. The van der Waals surface area contributed by atoms with Crippen LogP contribution in [0.15, 0.2) is 36.7 Å². The average molecular weight is 426 g/mol. The van der Waals surface area contributed by atoms with Gasteiger partial charge in [-0.25, -0.2) is 0 Å². The highest BCUT2D eigenvalue weighted by atomic mass is 35.5. The lowest BCUT2D eigenvalue weighted by Crippen LogP contribution is -2.45. The molecule has 1 saturated heterocycles. The fourth-order valence-electron chi connectivity index (χ4n) is 3.40. The summed E-state index contributed by atoms with van der Waals surface area (Å²) in [6.45, 7) is 8.94. The molecule has 1 fully saturated rings. The van der Waals surface area contributed by atoms with Gasteiger partial charge in [0.25, 0.3) is 0 Å². The van der Waals surface area contributed by atoms with Gasteiger partial charge in [-0.2, -0.15) is 0 Å². The van der Waals surface area contributed by atoms with Crippen molar-refractivity contribution in [3.8, 4) is 11.5 Å². The Morgan fingerprint density at radius 2 is 2.00 bits per heavy atom. The zero-order valence-electron chi connectivity index (χ0n) is 16.5. The van der Waals surface area contributed by atoms with Crippen molar-refractivity contribution in [3.63, 3.8) is 0 Å². The fourth-order valence-corrected chi connectivity index (χ4v) is 3.69. The Bertz CT molecular complexity index is 731. The number of hydrogen-bond acceptors (Lipinski definition) is 5. The molecule has 0 saturated carbocycles. The molecule has 1 unspecified atom stereocenters. The van der Waals surface area contributed by atoms with Crippen LogP contribution in [0.25, 0.3) is 0 Å². The maximum Gasteiger partial charge on any atom is 0.179 e. The van der Waals surface area contributed by atoms with E-state index < -0.39 is 0 Å². The molecule has 154 valence electrons. The van der Waals surface area contributed by atoms with Crippen LogP contribution in [0.4, 0.5) is 0 Å². The van der Waals surface area contributed by atoms with Crippen molar-refractivity contribution >= 4 is 24.0 Å². The van der Waals surface area contributed by atoms with E-state index in [0.717, 1.165) is 43.9 Å². The summed E-state index contributed by atoms with van der Waals surface area (Å²) in [5.74, 6) is 1.37. The van der Waals surface area contributed by atoms with Gasteiger partial charge in [0.2, 0.25) is 0 Å². The maximum absolute atomic E-state index is 6.53. The highest BCUT2D eigenvalue weighted by Crippen LogP contribution is 2.37. The minimum Gasteiger partial charge on any atom is -0.490 e. The second kappa shape index (κ2) is 11.5. The van der Waals surface area contributed by atoms with Crippen LogP contribution < -0.4 is 14.8 Å². The normalized spacial score (nSPS) is 17.0. The van der Waals surface area contributed by atoms with Gasteiger partial charge < -0.3 is 14.8 Å². The molecular weight excluding hydrogens is 397 g/mol. The van der Waals surface area contributed by atoms with Crippen LogP contribution in [0.1, 0.15) is 37.4 Å². The number of benzene rings is 1. The number of hydrogen-bond donors (Lipinski definition) is 1. The minimum atomic E-state index is 0. The molecule has 0 aliphatic carbocycles. The number of nitrogens with zero attached hydrogens (tertiary/aromatic N) is 2. The summed E-state index contributed by atoms with van der Waals surface area (Å²) in [5, 5.41) is 4.10. The van der Waals surface area contributed by atoms with Crippen molar-refractivity contribution in [2.75, 3.05) is 32.8 Å². The highest BCUT2D eigenvalue weighted by Gasteiger charge is 2.24. The van der Waals surface area contributed by atoms with E-state index in [2.05, 4.69) is 40.3 Å². The molecule has 2 heterocycles. The second-order valence-electron chi connectivity index (χ2n) is 6.66. The maximum atomic E-state index is 6.53. The Balaban J connectivity index is 0.00000280. The Morgan fingerprint density at radius 3 is 2.71 bits per heavy atom. The van der Waals surface area contributed by atoms with Crippen LogP contribution in [0.2, 0.25) is 5.02 Å². The van der Waals surface area contributed by atoms with Gasteiger partial charge in [0.1, 0.15) is 0 Å². The molecule has 0 spiro atoms. The van der Waals surface area contributed by atoms with Crippen LogP contribution >= 0.6 is 24.0 Å². The summed E-state index contributed by atoms with van der Waals surface area (Å²) >= 11 is 6.53. The topological polar surface area (TPSA) is 46.6 Å². The highest BCUT2D eigenvalue weighted by molar-refractivity contribution is 6.32. The van der Waals surface area contributed by atoms with Gasteiger partial charge in [-0.05, 0) is 48.7 Å². The largest absolute Gasteiger partial charge is 0.490 e. The molecule has 1 aliphatic heterocycles. The van der Waals surface area contributed by atoms with Gasteiger partial charge in [-0.1, -0.05) is 18.5 Å². The van der Waals surface area contributed by atoms with Gasteiger partial charge in [0, 0.05) is 44.6 Å². The third kappa shape index (κ3) is 5.74. The van der Waals surface area contributed by atoms with Crippen molar-refractivity contribution in [3.05, 3.63) is 52.8 Å². The number of ether oxygens (including phenoxy) is 2. The Kier molecular flexibility index (Phi) is 9.32. The van der Waals surface area contributed by atoms with Gasteiger partial charge in [-0.15, -0.1) is 12.4 Å². The Labute approximate surface area is 178 Å². The Morgan fingerprint density at radius 1 is 1.21 bits per heavy atom. The van der Waals surface area contributed by atoms with Crippen LogP contribution in [0.5, 0.6) is 11.5 Å². The summed E-state index contributed by atoms with van der Waals surface area (Å²) in [6, 6.07) is 8.55. The summed E-state index contributed by atoms with van der Waals surface area (Å²) in [6.07, 6.45) is 4.64. The van der Waals surface area contributed by atoms with Crippen molar-refractivity contribution < 1.29 is 9.47 Å². The van der Waals surface area contributed by atoms with E-state index in [-0.39, 0.29) is 12.4 Å². The molecule has 5 nitrogen and oxygen atoms in total. The van der Waals surface area contributed by atoms with Crippen LogP contribution in [-0.4, -0.2) is 42.7 Å². The average Bonchev–Trinajstić information content (AvgIpc) is 2.69. The van der Waals surface area contributed by atoms with E-state index in [9.17, 15) is 0 Å². The first-order valence-electron chi connectivity index (χ1n) is 9.65. The first kappa shape index (κ1) is 22.8. The fraction of sp³-hybridized carbons (Fsp3) is 0.476. The van der Waals surface area contributed by atoms with E-state index in [4.69, 9.17) is 21.1 Å². The van der Waals surface area contributed by atoms with Crippen molar-refractivity contribution in [2.24, 2.45) is 0 Å². The SMILES string of the molecule is CCCOc1c(Cl)cc(CN2CCNCC2c2ccncc2)cc1OCC.Cl. The molecule has 1 aromatic carbocycles. The van der Waals surface area contributed by atoms with E-state index in [1.807, 2.05) is 25.4 Å². The molecular formula is C21H29Cl2N3O2. The number of nitrogens with one attached hydrogen (secondary N) is 1. The molecule has 28 heavy (non-hydrogen) atoms. The molecule has 1 N–H and O–H groups in total. The zero-order valence-corrected chi connectivity index (χ0v) is 18.1. The number of halogens is 2. The standard InChI is InChI=1S/C21H28ClN3O2.ClH/c1-3-11-27-21-18(22)12-16(13-20(21)26-4-2)15-25-10-9-24-14-19(25)17-5-7-23-8-6-17;/h5-8,12-13,19,24H,3-4,9-11,14-15H2,1-2H3;1H. The summed E-state index contributed by atoms with van der Waals surface area (Å²) < 4.78 is 11.6. The van der Waals surface area contributed by atoms with E-state index >= 15 is 0 Å². The van der Waals surface area contributed by atoms with Gasteiger partial charge in [0.15, 0.2) is 11.5 Å². The molecule has 2 aromatic rings. The molecule has 1 atom stereocenters. The van der Waals surface area contributed by atoms with Gasteiger partial charge in [0.05, 0.1) is 18.2 Å². The molecule has 3 rings (SSSR count). The lowest BCUT2D eigenvalue weighted by molar-refractivity contribution is 0.153. The lowest BCUT2D eigenvalue weighted by atomic mass is 10.0. The molecule has 0 radical (unpaired) electrons. The van der Waals surface area contributed by atoms with E-state index in [1.165, 1.54) is 5.56 Å². The molecule has 0 amide bonds. The van der Waals surface area contributed by atoms with E-state index in [1.54, 1.807) is 0 Å².